The summed E-state index contributed by atoms with van der Waals surface area (Å²) in [5, 5.41) is 7.06. The van der Waals surface area contributed by atoms with E-state index in [1.165, 1.54) is 6.07 Å². The standard InChI is InChI=1S/C19H16Br2FN3O/c1-11-6-12(2)25(24-11)10-13-4-3-5-14(7-13)19(26)23-18-16(21)8-15(20)9-17(18)22/h3-9H,10H2,1-2H3,(H,23,26). The first kappa shape index (κ1) is 18.8. The number of nitrogens with zero attached hydrogens (tertiary/aromatic N) is 2. The zero-order valence-corrected chi connectivity index (χ0v) is 17.4. The molecule has 0 aliphatic rings. The van der Waals surface area contributed by atoms with Gasteiger partial charge < -0.3 is 5.32 Å². The van der Waals surface area contributed by atoms with Gasteiger partial charge in [-0.25, -0.2) is 4.39 Å². The first-order valence-electron chi connectivity index (χ1n) is 7.89. The van der Waals surface area contributed by atoms with Gasteiger partial charge in [0.05, 0.1) is 17.9 Å². The number of aryl methyl sites for hydroxylation is 2. The van der Waals surface area contributed by atoms with Gasteiger partial charge in [0.1, 0.15) is 5.82 Å². The second kappa shape index (κ2) is 7.72. The first-order valence-corrected chi connectivity index (χ1v) is 9.48. The molecular formula is C19H16Br2FN3O. The summed E-state index contributed by atoms with van der Waals surface area (Å²) < 4.78 is 17.1. The van der Waals surface area contributed by atoms with Crippen LogP contribution in [0.4, 0.5) is 10.1 Å². The van der Waals surface area contributed by atoms with Crippen LogP contribution in [0.1, 0.15) is 27.3 Å². The van der Waals surface area contributed by atoms with Gasteiger partial charge in [-0.2, -0.15) is 5.10 Å². The van der Waals surface area contributed by atoms with E-state index in [0.717, 1.165) is 17.0 Å². The van der Waals surface area contributed by atoms with Crippen LogP contribution in [0, 0.1) is 19.7 Å². The topological polar surface area (TPSA) is 46.9 Å². The summed E-state index contributed by atoms with van der Waals surface area (Å²) in [6.07, 6.45) is 0. The molecule has 1 amide bonds. The molecule has 2 aromatic carbocycles. The second-order valence-electron chi connectivity index (χ2n) is 5.98. The summed E-state index contributed by atoms with van der Waals surface area (Å²) in [5.74, 6) is -0.888. The van der Waals surface area contributed by atoms with Crippen LogP contribution in [-0.2, 0) is 6.54 Å². The van der Waals surface area contributed by atoms with Gasteiger partial charge in [-0.3, -0.25) is 9.48 Å². The predicted molar refractivity (Wildman–Crippen MR) is 107 cm³/mol. The van der Waals surface area contributed by atoms with E-state index in [4.69, 9.17) is 0 Å². The number of hydrogen-bond acceptors (Lipinski definition) is 2. The van der Waals surface area contributed by atoms with Gasteiger partial charge in [0.2, 0.25) is 0 Å². The average molecular weight is 481 g/mol. The highest BCUT2D eigenvalue weighted by atomic mass is 79.9. The number of hydrogen-bond donors (Lipinski definition) is 1. The Hall–Kier alpha value is -1.99. The molecule has 0 aliphatic carbocycles. The number of halogens is 3. The molecule has 0 saturated heterocycles. The Labute approximate surface area is 167 Å². The predicted octanol–water partition coefficient (Wildman–Crippen LogP) is 5.46. The number of benzene rings is 2. The third-order valence-electron chi connectivity index (χ3n) is 3.87. The molecule has 0 spiro atoms. The molecule has 0 unspecified atom stereocenters. The maximum atomic E-state index is 14.1. The molecule has 7 heteroatoms. The Morgan fingerprint density at radius 1 is 1.19 bits per heavy atom. The monoisotopic (exact) mass is 479 g/mol. The summed E-state index contributed by atoms with van der Waals surface area (Å²) in [6, 6.07) is 12.2. The quantitative estimate of drug-likeness (QED) is 0.538. The van der Waals surface area contributed by atoms with Crippen molar-refractivity contribution in [2.24, 2.45) is 0 Å². The fraction of sp³-hybridized carbons (Fsp3) is 0.158. The van der Waals surface area contributed by atoms with Crippen molar-refractivity contribution in [3.8, 4) is 0 Å². The number of carbonyl (C=O) groups excluding carboxylic acids is 1. The van der Waals surface area contributed by atoms with Crippen LogP contribution in [0.2, 0.25) is 0 Å². The van der Waals surface area contributed by atoms with Crippen LogP contribution in [0.25, 0.3) is 0 Å². The smallest absolute Gasteiger partial charge is 0.255 e. The van der Waals surface area contributed by atoms with E-state index in [2.05, 4.69) is 42.3 Å². The number of aromatic nitrogens is 2. The van der Waals surface area contributed by atoms with Crippen molar-refractivity contribution >= 4 is 43.5 Å². The van der Waals surface area contributed by atoms with Crippen molar-refractivity contribution in [3.63, 3.8) is 0 Å². The first-order chi connectivity index (χ1) is 12.3. The highest BCUT2D eigenvalue weighted by molar-refractivity contribution is 9.11. The maximum absolute atomic E-state index is 14.1. The SMILES string of the molecule is Cc1cc(C)n(Cc2cccc(C(=O)Nc3c(F)cc(Br)cc3Br)c2)n1. The summed E-state index contributed by atoms with van der Waals surface area (Å²) in [5.41, 5.74) is 3.52. The zero-order chi connectivity index (χ0) is 18.8. The molecule has 0 saturated carbocycles. The van der Waals surface area contributed by atoms with Crippen molar-refractivity contribution in [2.45, 2.75) is 20.4 Å². The summed E-state index contributed by atoms with van der Waals surface area (Å²) >= 11 is 6.49. The molecule has 134 valence electrons. The van der Waals surface area contributed by atoms with E-state index in [1.54, 1.807) is 18.2 Å². The van der Waals surface area contributed by atoms with Gasteiger partial charge in [-0.1, -0.05) is 28.1 Å². The molecule has 0 fully saturated rings. The summed E-state index contributed by atoms with van der Waals surface area (Å²) in [4.78, 5) is 12.5. The zero-order valence-electron chi connectivity index (χ0n) is 14.2. The van der Waals surface area contributed by atoms with E-state index in [0.29, 0.717) is 21.1 Å². The fourth-order valence-electron chi connectivity index (χ4n) is 2.67. The molecule has 3 rings (SSSR count). The van der Waals surface area contributed by atoms with Crippen LogP contribution in [0.3, 0.4) is 0 Å². The van der Waals surface area contributed by atoms with Gasteiger partial charge in [-0.05, 0) is 65.7 Å². The maximum Gasteiger partial charge on any atom is 0.255 e. The average Bonchev–Trinajstić information content (AvgIpc) is 2.88. The lowest BCUT2D eigenvalue weighted by Gasteiger charge is -2.11. The van der Waals surface area contributed by atoms with Crippen molar-refractivity contribution in [3.05, 3.63) is 79.7 Å². The van der Waals surface area contributed by atoms with Gasteiger partial charge in [-0.15, -0.1) is 0 Å². The Morgan fingerprint density at radius 2 is 1.96 bits per heavy atom. The minimum Gasteiger partial charge on any atom is -0.319 e. The van der Waals surface area contributed by atoms with E-state index < -0.39 is 5.82 Å². The Kier molecular flexibility index (Phi) is 5.58. The molecule has 0 aliphatic heterocycles. The lowest BCUT2D eigenvalue weighted by atomic mass is 10.1. The van der Waals surface area contributed by atoms with Crippen molar-refractivity contribution in [1.82, 2.24) is 9.78 Å². The number of carbonyl (C=O) groups is 1. The molecule has 1 aromatic heterocycles. The molecule has 4 nitrogen and oxygen atoms in total. The van der Waals surface area contributed by atoms with Gasteiger partial charge in [0.25, 0.3) is 5.91 Å². The lowest BCUT2D eigenvalue weighted by molar-refractivity contribution is 0.102. The second-order valence-corrected chi connectivity index (χ2v) is 7.75. The van der Waals surface area contributed by atoms with E-state index in [-0.39, 0.29) is 11.6 Å². The van der Waals surface area contributed by atoms with Crippen LogP contribution in [-0.4, -0.2) is 15.7 Å². The van der Waals surface area contributed by atoms with Crippen LogP contribution in [0.15, 0.2) is 51.4 Å². The van der Waals surface area contributed by atoms with E-state index >= 15 is 0 Å². The van der Waals surface area contributed by atoms with Crippen LogP contribution >= 0.6 is 31.9 Å². The van der Waals surface area contributed by atoms with Crippen LogP contribution < -0.4 is 5.32 Å². The third kappa shape index (κ3) is 4.22. The van der Waals surface area contributed by atoms with Gasteiger partial charge in [0.15, 0.2) is 0 Å². The molecule has 1 heterocycles. The summed E-state index contributed by atoms with van der Waals surface area (Å²) in [6.45, 7) is 4.50. The van der Waals surface area contributed by atoms with E-state index in [1.807, 2.05) is 36.7 Å². The molecule has 0 radical (unpaired) electrons. The lowest BCUT2D eigenvalue weighted by Crippen LogP contribution is -2.14. The minimum atomic E-state index is -0.515. The van der Waals surface area contributed by atoms with Crippen molar-refractivity contribution in [1.29, 1.82) is 0 Å². The van der Waals surface area contributed by atoms with Gasteiger partial charge in [0, 0.05) is 20.2 Å². The third-order valence-corrected chi connectivity index (χ3v) is 4.95. The highest BCUT2D eigenvalue weighted by Crippen LogP contribution is 2.30. The molecule has 0 atom stereocenters. The molecular weight excluding hydrogens is 465 g/mol. The number of amides is 1. The number of rotatable bonds is 4. The molecule has 1 N–H and O–H groups in total. The normalized spacial score (nSPS) is 10.8. The van der Waals surface area contributed by atoms with E-state index in [9.17, 15) is 9.18 Å². The fourth-order valence-corrected chi connectivity index (χ4v) is 3.94. The number of nitrogens with one attached hydrogen (secondary N) is 1. The Bertz CT molecular complexity index is 962. The molecule has 3 aromatic rings. The molecule has 26 heavy (non-hydrogen) atoms. The Morgan fingerprint density at radius 3 is 2.62 bits per heavy atom. The summed E-state index contributed by atoms with van der Waals surface area (Å²) in [7, 11) is 0. The largest absolute Gasteiger partial charge is 0.319 e. The van der Waals surface area contributed by atoms with Crippen molar-refractivity contribution in [2.75, 3.05) is 5.32 Å². The van der Waals surface area contributed by atoms with Crippen molar-refractivity contribution < 1.29 is 9.18 Å². The minimum absolute atomic E-state index is 0.113. The van der Waals surface area contributed by atoms with Gasteiger partial charge >= 0.3 is 0 Å². The Balaban J connectivity index is 1.82. The highest BCUT2D eigenvalue weighted by Gasteiger charge is 2.14. The molecule has 0 bridgehead atoms. The van der Waals surface area contributed by atoms with Crippen LogP contribution in [0.5, 0.6) is 0 Å². The number of anilines is 1.